The highest BCUT2D eigenvalue weighted by Crippen LogP contribution is 2.39. The molecule has 3 nitrogen and oxygen atoms in total. The Morgan fingerprint density at radius 3 is 2.48 bits per heavy atom. The lowest BCUT2D eigenvalue weighted by atomic mass is 10.0. The first-order chi connectivity index (χ1) is 10.3. The molecule has 102 valence electrons. The third kappa shape index (κ3) is 1.98. The van der Waals surface area contributed by atoms with Gasteiger partial charge in [-0.2, -0.15) is 5.11 Å². The van der Waals surface area contributed by atoms with Crippen molar-refractivity contribution in [1.29, 1.82) is 0 Å². The molecule has 0 fully saturated rings. The summed E-state index contributed by atoms with van der Waals surface area (Å²) >= 11 is 0. The largest absolute Gasteiger partial charge is 0.396 e. The molecule has 1 aliphatic rings. The van der Waals surface area contributed by atoms with Gasteiger partial charge in [-0.15, -0.1) is 5.11 Å². The van der Waals surface area contributed by atoms with Gasteiger partial charge in [0.25, 0.3) is 0 Å². The molecule has 3 heteroatoms. The van der Waals surface area contributed by atoms with Gasteiger partial charge in [0, 0.05) is 5.39 Å². The van der Waals surface area contributed by atoms with E-state index < -0.39 is 0 Å². The van der Waals surface area contributed by atoms with Crippen LogP contribution in [0.1, 0.15) is 11.1 Å². The third-order valence-corrected chi connectivity index (χ3v) is 4.04. The molecule has 21 heavy (non-hydrogen) atoms. The summed E-state index contributed by atoms with van der Waals surface area (Å²) in [6, 6.07) is 18.1. The SMILES string of the molecule is Nc1c(N=Nc2ccccc2)cc2c3c(cccc13)CC2. The second kappa shape index (κ2) is 4.70. The fourth-order valence-electron chi connectivity index (χ4n) is 3.02. The number of azo groups is 1. The van der Waals surface area contributed by atoms with Crippen molar-refractivity contribution in [2.45, 2.75) is 12.8 Å². The molecule has 0 saturated carbocycles. The van der Waals surface area contributed by atoms with Crippen LogP contribution in [0, 0.1) is 0 Å². The van der Waals surface area contributed by atoms with E-state index in [0.717, 1.165) is 35.3 Å². The Bertz CT molecular complexity index is 851. The van der Waals surface area contributed by atoms with Gasteiger partial charge in [-0.25, -0.2) is 0 Å². The van der Waals surface area contributed by atoms with Crippen LogP contribution in [0.3, 0.4) is 0 Å². The van der Waals surface area contributed by atoms with Crippen LogP contribution < -0.4 is 5.73 Å². The van der Waals surface area contributed by atoms with Gasteiger partial charge in [-0.1, -0.05) is 36.4 Å². The highest BCUT2D eigenvalue weighted by Gasteiger charge is 2.17. The van der Waals surface area contributed by atoms with Crippen LogP contribution in [-0.4, -0.2) is 0 Å². The van der Waals surface area contributed by atoms with Gasteiger partial charge in [0.1, 0.15) is 5.69 Å². The Labute approximate surface area is 123 Å². The van der Waals surface area contributed by atoms with E-state index in [1.165, 1.54) is 16.5 Å². The molecule has 0 saturated heterocycles. The molecule has 0 amide bonds. The highest BCUT2D eigenvalue weighted by atomic mass is 15.1. The molecule has 3 aromatic carbocycles. The molecular formula is C18H15N3. The maximum absolute atomic E-state index is 6.29. The number of anilines is 1. The second-order valence-corrected chi connectivity index (χ2v) is 5.34. The molecule has 1 aliphatic carbocycles. The first kappa shape index (κ1) is 12.1. The zero-order valence-electron chi connectivity index (χ0n) is 11.6. The van der Waals surface area contributed by atoms with Crippen LogP contribution in [-0.2, 0) is 12.8 Å². The number of nitrogen functional groups attached to an aromatic ring is 1. The van der Waals surface area contributed by atoms with Gasteiger partial charge in [-0.05, 0) is 47.6 Å². The van der Waals surface area contributed by atoms with Crippen molar-refractivity contribution in [3.8, 4) is 0 Å². The van der Waals surface area contributed by atoms with E-state index >= 15 is 0 Å². The van der Waals surface area contributed by atoms with Crippen LogP contribution in [0.15, 0.2) is 64.8 Å². The number of nitrogens with zero attached hydrogens (tertiary/aromatic N) is 2. The van der Waals surface area contributed by atoms with Crippen molar-refractivity contribution in [3.05, 3.63) is 65.7 Å². The summed E-state index contributed by atoms with van der Waals surface area (Å²) < 4.78 is 0. The number of hydrogen-bond acceptors (Lipinski definition) is 3. The van der Waals surface area contributed by atoms with E-state index in [1.807, 2.05) is 30.3 Å². The normalized spacial score (nSPS) is 13.3. The molecule has 0 spiro atoms. The monoisotopic (exact) mass is 273 g/mol. The molecule has 3 aromatic rings. The van der Waals surface area contributed by atoms with E-state index in [-0.39, 0.29) is 0 Å². The lowest BCUT2D eigenvalue weighted by molar-refractivity contribution is 1.02. The number of nitrogens with two attached hydrogens (primary N) is 1. The Hall–Kier alpha value is -2.68. The van der Waals surface area contributed by atoms with Gasteiger partial charge in [0.2, 0.25) is 0 Å². The predicted octanol–water partition coefficient (Wildman–Crippen LogP) is 4.94. The van der Waals surface area contributed by atoms with E-state index in [4.69, 9.17) is 5.73 Å². The lowest BCUT2D eigenvalue weighted by Crippen LogP contribution is -1.90. The molecule has 4 rings (SSSR count). The zero-order valence-corrected chi connectivity index (χ0v) is 11.6. The van der Waals surface area contributed by atoms with Crippen LogP contribution in [0.4, 0.5) is 17.1 Å². The lowest BCUT2D eigenvalue weighted by Gasteiger charge is -2.07. The minimum Gasteiger partial charge on any atom is -0.396 e. The molecule has 0 aliphatic heterocycles. The smallest absolute Gasteiger partial charge is 0.109 e. The second-order valence-electron chi connectivity index (χ2n) is 5.34. The van der Waals surface area contributed by atoms with E-state index in [2.05, 4.69) is 34.5 Å². The van der Waals surface area contributed by atoms with Gasteiger partial charge in [0.05, 0.1) is 11.4 Å². The maximum Gasteiger partial charge on any atom is 0.109 e. The standard InChI is InChI=1S/C18H15N3/c19-18-15-8-4-5-12-9-10-13(17(12)15)11-16(18)21-20-14-6-2-1-3-7-14/h1-8,11H,9-10,19H2. The van der Waals surface area contributed by atoms with Crippen molar-refractivity contribution in [3.63, 3.8) is 0 Å². The first-order valence-electron chi connectivity index (χ1n) is 7.13. The summed E-state index contributed by atoms with van der Waals surface area (Å²) in [6.07, 6.45) is 2.15. The summed E-state index contributed by atoms with van der Waals surface area (Å²) in [5.41, 5.74) is 11.3. The van der Waals surface area contributed by atoms with Gasteiger partial charge < -0.3 is 5.73 Å². The van der Waals surface area contributed by atoms with Gasteiger partial charge in [0.15, 0.2) is 0 Å². The molecule has 0 radical (unpaired) electrons. The van der Waals surface area contributed by atoms with E-state index in [0.29, 0.717) is 0 Å². The number of benzene rings is 3. The molecule has 0 bridgehead atoms. The van der Waals surface area contributed by atoms with Crippen molar-refractivity contribution in [2.75, 3.05) is 5.73 Å². The zero-order chi connectivity index (χ0) is 14.2. The summed E-state index contributed by atoms with van der Waals surface area (Å²) in [4.78, 5) is 0. The van der Waals surface area contributed by atoms with Crippen LogP contribution >= 0.6 is 0 Å². The van der Waals surface area contributed by atoms with Crippen LogP contribution in [0.5, 0.6) is 0 Å². The molecule has 0 atom stereocenters. The van der Waals surface area contributed by atoms with E-state index in [1.54, 1.807) is 0 Å². The average Bonchev–Trinajstić information content (AvgIpc) is 2.94. The molecule has 0 heterocycles. The summed E-state index contributed by atoms with van der Waals surface area (Å²) in [5.74, 6) is 0. The highest BCUT2D eigenvalue weighted by molar-refractivity contribution is 6.03. The summed E-state index contributed by atoms with van der Waals surface area (Å²) in [7, 11) is 0. The fraction of sp³-hybridized carbons (Fsp3) is 0.111. The van der Waals surface area contributed by atoms with Crippen LogP contribution in [0.25, 0.3) is 10.8 Å². The quantitative estimate of drug-likeness (QED) is 0.522. The predicted molar refractivity (Wildman–Crippen MR) is 86.4 cm³/mol. The first-order valence-corrected chi connectivity index (χ1v) is 7.13. The van der Waals surface area contributed by atoms with Gasteiger partial charge in [-0.3, -0.25) is 0 Å². The third-order valence-electron chi connectivity index (χ3n) is 4.04. The Kier molecular flexibility index (Phi) is 2.71. The molecule has 2 N–H and O–H groups in total. The Morgan fingerprint density at radius 2 is 1.62 bits per heavy atom. The number of rotatable bonds is 2. The number of hydrogen-bond donors (Lipinski definition) is 1. The maximum atomic E-state index is 6.29. The minimum atomic E-state index is 0.720. The Balaban J connectivity index is 1.85. The van der Waals surface area contributed by atoms with Crippen molar-refractivity contribution >= 4 is 27.8 Å². The van der Waals surface area contributed by atoms with Crippen molar-refractivity contribution in [1.82, 2.24) is 0 Å². The fourth-order valence-corrected chi connectivity index (χ4v) is 3.02. The molecule has 0 aromatic heterocycles. The van der Waals surface area contributed by atoms with Crippen LogP contribution in [0.2, 0.25) is 0 Å². The van der Waals surface area contributed by atoms with Gasteiger partial charge >= 0.3 is 0 Å². The molecular weight excluding hydrogens is 258 g/mol. The number of aryl methyl sites for hydroxylation is 2. The summed E-state index contributed by atoms with van der Waals surface area (Å²) in [6.45, 7) is 0. The topological polar surface area (TPSA) is 50.7 Å². The van der Waals surface area contributed by atoms with Crippen molar-refractivity contribution < 1.29 is 0 Å². The average molecular weight is 273 g/mol. The van der Waals surface area contributed by atoms with E-state index in [9.17, 15) is 0 Å². The minimum absolute atomic E-state index is 0.720. The van der Waals surface area contributed by atoms with Crippen molar-refractivity contribution in [2.24, 2.45) is 10.2 Å². The molecule has 0 unspecified atom stereocenters. The Morgan fingerprint density at radius 1 is 0.810 bits per heavy atom. The summed E-state index contributed by atoms with van der Waals surface area (Å²) in [5, 5.41) is 11.1.